The normalized spacial score (nSPS) is 11.1. The molecule has 0 unspecified atom stereocenters. The number of fused-ring (bicyclic) bond motifs is 2. The molecule has 0 spiro atoms. The van der Waals surface area contributed by atoms with E-state index >= 15 is 0 Å². The lowest BCUT2D eigenvalue weighted by molar-refractivity contribution is 0.0529. The van der Waals surface area contributed by atoms with Gasteiger partial charge in [0.2, 0.25) is 0 Å². The molecule has 0 aliphatic heterocycles. The molecule has 5 heteroatoms. The number of aromatic nitrogens is 1. The van der Waals surface area contributed by atoms with Gasteiger partial charge in [-0.3, -0.25) is 4.79 Å². The lowest BCUT2D eigenvalue weighted by Gasteiger charge is -2.04. The Labute approximate surface area is 143 Å². The molecule has 25 heavy (non-hydrogen) atoms. The van der Waals surface area contributed by atoms with Gasteiger partial charge in [0.25, 0.3) is 0 Å². The first kappa shape index (κ1) is 15.2. The van der Waals surface area contributed by atoms with Crippen molar-refractivity contribution in [3.05, 3.63) is 76.6 Å². The molecule has 0 saturated carbocycles. The number of hydrogen-bond acceptors (Lipinski definition) is 4. The highest BCUT2D eigenvalue weighted by Crippen LogP contribution is 2.28. The van der Waals surface area contributed by atoms with Crippen LogP contribution in [0.3, 0.4) is 0 Å². The number of esters is 1. The van der Waals surface area contributed by atoms with Crippen molar-refractivity contribution in [1.82, 2.24) is 4.40 Å². The molecule has 1 aromatic carbocycles. The highest BCUT2D eigenvalue weighted by molar-refractivity contribution is 5.99. The van der Waals surface area contributed by atoms with Crippen molar-refractivity contribution >= 4 is 22.5 Å². The van der Waals surface area contributed by atoms with Crippen LogP contribution in [0.15, 0.2) is 70.0 Å². The van der Waals surface area contributed by atoms with Gasteiger partial charge in [0.15, 0.2) is 11.2 Å². The highest BCUT2D eigenvalue weighted by atomic mass is 16.5. The Bertz CT molecular complexity index is 1150. The fourth-order valence-corrected chi connectivity index (χ4v) is 2.95. The molecule has 4 aromatic rings. The zero-order valence-corrected chi connectivity index (χ0v) is 13.6. The summed E-state index contributed by atoms with van der Waals surface area (Å²) in [5.41, 5.74) is 2.15. The third kappa shape index (κ3) is 2.50. The van der Waals surface area contributed by atoms with Crippen molar-refractivity contribution in [2.75, 3.05) is 6.61 Å². The number of nitrogens with zero attached hydrogens (tertiary/aromatic N) is 1. The third-order valence-electron chi connectivity index (χ3n) is 4.06. The van der Waals surface area contributed by atoms with Gasteiger partial charge in [-0.25, -0.2) is 4.79 Å². The second kappa shape index (κ2) is 5.94. The minimum absolute atomic E-state index is 0.125. The molecule has 0 atom stereocenters. The molecule has 0 N–H and O–H groups in total. The molecule has 3 aromatic heterocycles. The van der Waals surface area contributed by atoms with Crippen LogP contribution >= 0.6 is 0 Å². The topological polar surface area (TPSA) is 60.9 Å². The van der Waals surface area contributed by atoms with Crippen molar-refractivity contribution in [1.29, 1.82) is 0 Å². The molecule has 0 radical (unpaired) electrons. The molecule has 3 heterocycles. The van der Waals surface area contributed by atoms with E-state index in [0.29, 0.717) is 40.1 Å². The summed E-state index contributed by atoms with van der Waals surface area (Å²) >= 11 is 0. The van der Waals surface area contributed by atoms with Gasteiger partial charge in [-0.15, -0.1) is 0 Å². The van der Waals surface area contributed by atoms with Crippen LogP contribution in [-0.2, 0) is 4.74 Å². The zero-order chi connectivity index (χ0) is 17.4. The van der Waals surface area contributed by atoms with Crippen molar-refractivity contribution in [2.24, 2.45) is 0 Å². The van der Waals surface area contributed by atoms with Gasteiger partial charge in [-0.2, -0.15) is 0 Å². The maximum atomic E-state index is 12.4. The third-order valence-corrected chi connectivity index (χ3v) is 4.06. The number of benzene rings is 1. The van der Waals surface area contributed by atoms with Gasteiger partial charge in [0.1, 0.15) is 5.58 Å². The van der Waals surface area contributed by atoms with Crippen molar-refractivity contribution < 1.29 is 13.9 Å². The van der Waals surface area contributed by atoms with E-state index in [1.165, 1.54) is 6.07 Å². The van der Waals surface area contributed by atoms with Gasteiger partial charge in [0, 0.05) is 12.3 Å². The van der Waals surface area contributed by atoms with Crippen LogP contribution in [0.1, 0.15) is 17.3 Å². The lowest BCUT2D eigenvalue weighted by atomic mass is 10.2. The van der Waals surface area contributed by atoms with Crippen LogP contribution in [0.4, 0.5) is 0 Å². The quantitative estimate of drug-likeness (QED) is 0.534. The average molecular weight is 333 g/mol. The van der Waals surface area contributed by atoms with Crippen LogP contribution in [-0.4, -0.2) is 17.0 Å². The fraction of sp³-hybridized carbons (Fsp3) is 0.100. The maximum Gasteiger partial charge on any atom is 0.340 e. The minimum atomic E-state index is -0.402. The first-order chi connectivity index (χ1) is 12.2. The number of para-hydroxylation sites is 1. The van der Waals surface area contributed by atoms with Crippen LogP contribution in [0.5, 0.6) is 0 Å². The van der Waals surface area contributed by atoms with E-state index in [1.54, 1.807) is 31.2 Å². The van der Waals surface area contributed by atoms with Crippen molar-refractivity contribution in [3.63, 3.8) is 0 Å². The van der Waals surface area contributed by atoms with Crippen LogP contribution in [0.25, 0.3) is 27.9 Å². The van der Waals surface area contributed by atoms with Gasteiger partial charge in [-0.1, -0.05) is 18.2 Å². The Balaban J connectivity index is 1.99. The second-order valence-electron chi connectivity index (χ2n) is 5.59. The Morgan fingerprint density at radius 3 is 2.76 bits per heavy atom. The Kier molecular flexibility index (Phi) is 3.61. The fourth-order valence-electron chi connectivity index (χ4n) is 2.95. The van der Waals surface area contributed by atoms with Crippen LogP contribution in [0, 0.1) is 0 Å². The van der Waals surface area contributed by atoms with E-state index in [-0.39, 0.29) is 5.43 Å². The van der Waals surface area contributed by atoms with Crippen molar-refractivity contribution in [2.45, 2.75) is 6.92 Å². The van der Waals surface area contributed by atoms with E-state index in [9.17, 15) is 9.59 Å². The van der Waals surface area contributed by atoms with E-state index in [1.807, 2.05) is 34.9 Å². The molecule has 0 aliphatic rings. The smallest absolute Gasteiger partial charge is 0.340 e. The number of hydrogen-bond donors (Lipinski definition) is 0. The Hall–Kier alpha value is -3.34. The molecule has 0 aliphatic carbocycles. The number of ether oxygens (including phenoxy) is 1. The first-order valence-corrected chi connectivity index (χ1v) is 7.99. The molecule has 0 saturated heterocycles. The SMILES string of the molecule is CCOC(=O)c1cc(-c2cc(=O)c3ccccc3o2)n2ccccc12. The summed E-state index contributed by atoms with van der Waals surface area (Å²) < 4.78 is 12.9. The molecule has 4 rings (SSSR count). The Morgan fingerprint density at radius 2 is 1.92 bits per heavy atom. The number of pyridine rings is 1. The molecule has 0 amide bonds. The Morgan fingerprint density at radius 1 is 1.12 bits per heavy atom. The van der Waals surface area contributed by atoms with Crippen LogP contribution in [0.2, 0.25) is 0 Å². The van der Waals surface area contributed by atoms with Crippen LogP contribution < -0.4 is 5.43 Å². The zero-order valence-electron chi connectivity index (χ0n) is 13.6. The van der Waals surface area contributed by atoms with Gasteiger partial charge in [-0.05, 0) is 37.3 Å². The minimum Gasteiger partial charge on any atom is -0.462 e. The largest absolute Gasteiger partial charge is 0.462 e. The number of carbonyl (C=O) groups is 1. The number of carbonyl (C=O) groups excluding carboxylic acids is 1. The maximum absolute atomic E-state index is 12.4. The van der Waals surface area contributed by atoms with E-state index < -0.39 is 5.97 Å². The lowest BCUT2D eigenvalue weighted by Crippen LogP contribution is -2.03. The van der Waals surface area contributed by atoms with Gasteiger partial charge in [0.05, 0.1) is 28.8 Å². The molecule has 124 valence electrons. The van der Waals surface area contributed by atoms with Gasteiger partial charge >= 0.3 is 5.97 Å². The van der Waals surface area contributed by atoms with E-state index in [0.717, 1.165) is 0 Å². The summed E-state index contributed by atoms with van der Waals surface area (Å²) in [4.78, 5) is 24.6. The second-order valence-corrected chi connectivity index (χ2v) is 5.59. The predicted molar refractivity (Wildman–Crippen MR) is 94.8 cm³/mol. The summed E-state index contributed by atoms with van der Waals surface area (Å²) in [5.74, 6) is 0.000958. The predicted octanol–water partition coefficient (Wildman–Crippen LogP) is 3.89. The molecular weight excluding hydrogens is 318 g/mol. The summed E-state index contributed by atoms with van der Waals surface area (Å²) in [6, 6.07) is 15.8. The van der Waals surface area contributed by atoms with Crippen molar-refractivity contribution in [3.8, 4) is 11.5 Å². The first-order valence-electron chi connectivity index (χ1n) is 7.99. The molecular formula is C20H15NO4. The van der Waals surface area contributed by atoms with E-state index in [2.05, 4.69) is 0 Å². The van der Waals surface area contributed by atoms with Gasteiger partial charge < -0.3 is 13.6 Å². The molecule has 5 nitrogen and oxygen atoms in total. The average Bonchev–Trinajstić information content (AvgIpc) is 3.02. The summed E-state index contributed by atoms with van der Waals surface area (Å²) in [7, 11) is 0. The number of rotatable bonds is 3. The summed E-state index contributed by atoms with van der Waals surface area (Å²) in [6.45, 7) is 2.06. The highest BCUT2D eigenvalue weighted by Gasteiger charge is 2.19. The standard InChI is InChI=1S/C20H15NO4/c1-2-24-20(23)14-11-16(21-10-6-5-8-15(14)21)19-12-17(22)13-7-3-4-9-18(13)25-19/h3-12H,2H2,1H3. The monoisotopic (exact) mass is 333 g/mol. The van der Waals surface area contributed by atoms with E-state index in [4.69, 9.17) is 9.15 Å². The summed E-state index contributed by atoms with van der Waals surface area (Å²) in [6.07, 6.45) is 1.82. The molecule has 0 fully saturated rings. The summed E-state index contributed by atoms with van der Waals surface area (Å²) in [5, 5.41) is 0.526. The molecule has 0 bridgehead atoms.